The van der Waals surface area contributed by atoms with Crippen molar-refractivity contribution in [3.05, 3.63) is 34.7 Å². The van der Waals surface area contributed by atoms with Crippen molar-refractivity contribution in [1.29, 1.82) is 0 Å². The van der Waals surface area contributed by atoms with Crippen molar-refractivity contribution >= 4 is 15.9 Å². The zero-order valence-corrected chi connectivity index (χ0v) is 9.22. The highest BCUT2D eigenvalue weighted by molar-refractivity contribution is 9.10. The maximum Gasteiger partial charge on any atom is 0.418 e. The smallest absolute Gasteiger partial charge is 0.274 e. The molecule has 0 aliphatic heterocycles. The first-order valence-corrected chi connectivity index (χ1v) is 4.93. The molecule has 0 fully saturated rings. The Balaban J connectivity index is 2.62. The van der Waals surface area contributed by atoms with Gasteiger partial charge in [-0.1, -0.05) is 0 Å². The molecule has 0 aliphatic rings. The molecule has 3 nitrogen and oxygen atoms in total. The number of aromatic nitrogens is 3. The molecule has 0 aromatic carbocycles. The lowest BCUT2D eigenvalue weighted by atomic mass is 10.1. The van der Waals surface area contributed by atoms with E-state index in [9.17, 15) is 13.2 Å². The molecule has 0 saturated heterocycles. The Labute approximate surface area is 96.8 Å². The number of nitrogens with zero attached hydrogens (tertiary/aromatic N) is 2. The van der Waals surface area contributed by atoms with E-state index in [0.29, 0.717) is 0 Å². The van der Waals surface area contributed by atoms with E-state index < -0.39 is 11.7 Å². The number of rotatable bonds is 1. The van der Waals surface area contributed by atoms with Crippen molar-refractivity contribution < 1.29 is 13.2 Å². The monoisotopic (exact) mass is 290 g/mol. The number of nitrogens with one attached hydrogen (secondary N) is 1. The SMILES string of the molecule is FC(F)(F)c1cccnc1-c1[c][nH]nc1Br. The van der Waals surface area contributed by atoms with Crippen molar-refractivity contribution in [3.63, 3.8) is 0 Å². The minimum absolute atomic E-state index is 0.160. The summed E-state index contributed by atoms with van der Waals surface area (Å²) in [6.07, 6.45) is -0.672. The van der Waals surface area contributed by atoms with Gasteiger partial charge in [0.15, 0.2) is 0 Å². The van der Waals surface area contributed by atoms with Crippen molar-refractivity contribution in [2.75, 3.05) is 0 Å². The van der Waals surface area contributed by atoms with Gasteiger partial charge in [-0.25, -0.2) is 0 Å². The highest BCUT2D eigenvalue weighted by Gasteiger charge is 2.35. The van der Waals surface area contributed by atoms with E-state index in [1.165, 1.54) is 12.3 Å². The van der Waals surface area contributed by atoms with Gasteiger partial charge in [-0.15, -0.1) is 0 Å². The number of hydrogen-bond donors (Lipinski definition) is 1. The van der Waals surface area contributed by atoms with Crippen molar-refractivity contribution in [2.24, 2.45) is 0 Å². The van der Waals surface area contributed by atoms with Crippen LogP contribution in [0.15, 0.2) is 22.9 Å². The van der Waals surface area contributed by atoms with Gasteiger partial charge in [0.1, 0.15) is 4.60 Å². The number of aromatic amines is 1. The zero-order valence-electron chi connectivity index (χ0n) is 7.64. The molecule has 0 atom stereocenters. The fourth-order valence-electron chi connectivity index (χ4n) is 1.23. The largest absolute Gasteiger partial charge is 0.418 e. The molecule has 7 heteroatoms. The van der Waals surface area contributed by atoms with Crippen molar-refractivity contribution in [1.82, 2.24) is 15.2 Å². The van der Waals surface area contributed by atoms with Gasteiger partial charge in [0.05, 0.1) is 23.0 Å². The summed E-state index contributed by atoms with van der Waals surface area (Å²) < 4.78 is 38.3. The second-order valence-corrected chi connectivity index (χ2v) is 3.66. The Morgan fingerprint density at radius 3 is 2.69 bits per heavy atom. The average Bonchev–Trinajstić information content (AvgIpc) is 2.63. The van der Waals surface area contributed by atoms with Crippen LogP contribution in [-0.4, -0.2) is 15.2 Å². The number of H-pyrrole nitrogens is 1. The van der Waals surface area contributed by atoms with Crippen molar-refractivity contribution in [2.45, 2.75) is 6.18 Å². The topological polar surface area (TPSA) is 41.6 Å². The average molecular weight is 291 g/mol. The molecular formula is C9H4BrF3N3. The van der Waals surface area contributed by atoms with E-state index in [0.717, 1.165) is 6.07 Å². The first-order valence-electron chi connectivity index (χ1n) is 4.14. The lowest BCUT2D eigenvalue weighted by Gasteiger charge is -2.10. The van der Waals surface area contributed by atoms with Crippen LogP contribution in [0.3, 0.4) is 0 Å². The van der Waals surface area contributed by atoms with E-state index in [4.69, 9.17) is 0 Å². The molecule has 0 unspecified atom stereocenters. The van der Waals surface area contributed by atoms with Gasteiger partial charge in [-0.3, -0.25) is 10.1 Å². The molecule has 16 heavy (non-hydrogen) atoms. The van der Waals surface area contributed by atoms with E-state index in [-0.39, 0.29) is 15.9 Å². The van der Waals surface area contributed by atoms with E-state index in [1.54, 1.807) is 0 Å². The van der Waals surface area contributed by atoms with E-state index in [2.05, 4.69) is 37.3 Å². The van der Waals surface area contributed by atoms with Gasteiger partial charge < -0.3 is 0 Å². The second-order valence-electron chi connectivity index (χ2n) is 2.91. The fraction of sp³-hybridized carbons (Fsp3) is 0.111. The minimum Gasteiger partial charge on any atom is -0.274 e. The lowest BCUT2D eigenvalue weighted by molar-refractivity contribution is -0.137. The fourth-order valence-corrected chi connectivity index (χ4v) is 1.61. The molecule has 83 valence electrons. The predicted octanol–water partition coefficient (Wildman–Crippen LogP) is 3.05. The van der Waals surface area contributed by atoms with Crippen LogP contribution < -0.4 is 0 Å². The van der Waals surface area contributed by atoms with Crippen LogP contribution in [0.5, 0.6) is 0 Å². The summed E-state index contributed by atoms with van der Waals surface area (Å²) in [6, 6.07) is 2.20. The Morgan fingerprint density at radius 2 is 2.12 bits per heavy atom. The molecule has 2 aromatic rings. The normalized spacial score (nSPS) is 11.8. The highest BCUT2D eigenvalue weighted by atomic mass is 79.9. The maximum absolute atomic E-state index is 12.7. The van der Waals surface area contributed by atoms with E-state index in [1.807, 2.05) is 0 Å². The summed E-state index contributed by atoms with van der Waals surface area (Å²) in [5.41, 5.74) is -0.850. The minimum atomic E-state index is -4.45. The van der Waals surface area contributed by atoms with Crippen LogP contribution in [-0.2, 0) is 6.18 Å². The van der Waals surface area contributed by atoms with E-state index >= 15 is 0 Å². The summed E-state index contributed by atoms with van der Waals surface area (Å²) in [6.45, 7) is 0. The third-order valence-electron chi connectivity index (χ3n) is 1.89. The van der Waals surface area contributed by atoms with Crippen LogP contribution in [0, 0.1) is 6.20 Å². The Kier molecular flexibility index (Phi) is 2.71. The Morgan fingerprint density at radius 1 is 1.38 bits per heavy atom. The number of alkyl halides is 3. The summed E-state index contributed by atoms with van der Waals surface area (Å²) >= 11 is 3.02. The summed E-state index contributed by atoms with van der Waals surface area (Å²) in [5, 5.41) is 5.99. The van der Waals surface area contributed by atoms with Gasteiger partial charge in [0.25, 0.3) is 0 Å². The molecule has 0 spiro atoms. The molecule has 0 saturated carbocycles. The van der Waals surface area contributed by atoms with Gasteiger partial charge in [-0.2, -0.15) is 18.3 Å². The van der Waals surface area contributed by atoms with Gasteiger partial charge in [-0.05, 0) is 28.1 Å². The number of halogens is 4. The second kappa shape index (κ2) is 3.89. The maximum atomic E-state index is 12.7. The van der Waals surface area contributed by atoms with Crippen molar-refractivity contribution in [3.8, 4) is 11.3 Å². The number of pyridine rings is 1. The van der Waals surface area contributed by atoms with Crippen LogP contribution in [0.25, 0.3) is 11.3 Å². The van der Waals surface area contributed by atoms with Crippen LogP contribution >= 0.6 is 15.9 Å². The quantitative estimate of drug-likeness (QED) is 0.877. The Bertz CT molecular complexity index is 507. The summed E-state index contributed by atoms with van der Waals surface area (Å²) in [4.78, 5) is 3.71. The standard InChI is InChI=1S/C9H4BrF3N3/c10-8-5(4-15-16-8)7-6(9(11,12)13)2-1-3-14-7/h1-3H,(H,15,16). The molecule has 0 bridgehead atoms. The molecule has 1 N–H and O–H groups in total. The lowest BCUT2D eigenvalue weighted by Crippen LogP contribution is -2.08. The first kappa shape index (κ1) is 11.1. The van der Waals surface area contributed by atoms with Gasteiger partial charge in [0, 0.05) is 6.20 Å². The molecular weight excluding hydrogens is 287 g/mol. The molecule has 0 amide bonds. The predicted molar refractivity (Wildman–Crippen MR) is 53.4 cm³/mol. The first-order chi connectivity index (χ1) is 7.50. The third-order valence-corrected chi connectivity index (χ3v) is 2.46. The molecule has 0 aliphatic carbocycles. The van der Waals surface area contributed by atoms with Crippen LogP contribution in [0.4, 0.5) is 13.2 Å². The van der Waals surface area contributed by atoms with Gasteiger partial charge in [0.2, 0.25) is 0 Å². The van der Waals surface area contributed by atoms with Crippen LogP contribution in [0.2, 0.25) is 0 Å². The molecule has 2 rings (SSSR count). The number of hydrogen-bond acceptors (Lipinski definition) is 2. The summed E-state index contributed by atoms with van der Waals surface area (Å²) in [5.74, 6) is 0. The van der Waals surface area contributed by atoms with Gasteiger partial charge >= 0.3 is 6.18 Å². The molecule has 2 heterocycles. The highest BCUT2D eigenvalue weighted by Crippen LogP contribution is 2.37. The third kappa shape index (κ3) is 1.95. The molecule has 2 aromatic heterocycles. The van der Waals surface area contributed by atoms with Crippen LogP contribution in [0.1, 0.15) is 5.56 Å². The zero-order chi connectivity index (χ0) is 11.8. The Hall–Kier alpha value is -1.37. The molecule has 1 radical (unpaired) electrons. The summed E-state index contributed by atoms with van der Waals surface area (Å²) in [7, 11) is 0.